The zero-order chi connectivity index (χ0) is 10.4. The molecule has 15 heavy (non-hydrogen) atoms. The number of benzene rings is 1. The third-order valence-electron chi connectivity index (χ3n) is 2.46. The van der Waals surface area contributed by atoms with Crippen molar-refractivity contribution in [1.29, 1.82) is 0 Å². The maximum atomic E-state index is 13.7. The van der Waals surface area contributed by atoms with Crippen molar-refractivity contribution >= 4 is 34.1 Å². The van der Waals surface area contributed by atoms with Crippen LogP contribution in [0.1, 0.15) is 5.56 Å². The third-order valence-corrected chi connectivity index (χ3v) is 3.88. The molecule has 5 heteroatoms. The van der Waals surface area contributed by atoms with Crippen molar-refractivity contribution in [2.75, 3.05) is 13.1 Å². The molecular formula is C10H7FN2S2. The molecule has 0 aliphatic carbocycles. The van der Waals surface area contributed by atoms with Crippen molar-refractivity contribution in [3.63, 3.8) is 0 Å². The minimum absolute atomic E-state index is 0.215. The van der Waals surface area contributed by atoms with Crippen LogP contribution in [0.2, 0.25) is 0 Å². The maximum absolute atomic E-state index is 13.7. The minimum Gasteiger partial charge on any atom is -0.309 e. The van der Waals surface area contributed by atoms with E-state index in [1.807, 2.05) is 11.0 Å². The summed E-state index contributed by atoms with van der Waals surface area (Å²) in [5.41, 5.74) is 0.605. The van der Waals surface area contributed by atoms with E-state index in [1.54, 1.807) is 6.07 Å². The summed E-state index contributed by atoms with van der Waals surface area (Å²) >= 11 is 6.69. The Morgan fingerprint density at radius 1 is 1.47 bits per heavy atom. The topological polar surface area (TPSA) is 15.6 Å². The van der Waals surface area contributed by atoms with Crippen molar-refractivity contribution in [2.24, 2.45) is 4.99 Å². The highest BCUT2D eigenvalue weighted by Crippen LogP contribution is 2.35. The third kappa shape index (κ3) is 1.30. The molecule has 0 unspecified atom stereocenters. The van der Waals surface area contributed by atoms with E-state index < -0.39 is 0 Å². The molecule has 76 valence electrons. The Hall–Kier alpha value is -0.940. The molecule has 0 radical (unpaired) electrons. The lowest BCUT2D eigenvalue weighted by Gasteiger charge is -2.27. The van der Waals surface area contributed by atoms with E-state index in [1.165, 1.54) is 17.8 Å². The number of halogens is 1. The summed E-state index contributed by atoms with van der Waals surface area (Å²) in [6, 6.07) is 5.05. The molecular weight excluding hydrogens is 231 g/mol. The molecule has 0 aromatic heterocycles. The molecule has 0 saturated carbocycles. The van der Waals surface area contributed by atoms with E-state index in [0.717, 1.165) is 15.8 Å². The van der Waals surface area contributed by atoms with Crippen LogP contribution in [0.4, 0.5) is 4.39 Å². The van der Waals surface area contributed by atoms with Gasteiger partial charge < -0.3 is 4.90 Å². The molecule has 0 spiro atoms. The highest BCUT2D eigenvalue weighted by atomic mass is 32.2. The number of aliphatic imine (C=N–C) groups is 1. The second kappa shape index (κ2) is 3.28. The van der Waals surface area contributed by atoms with Gasteiger partial charge in [-0.2, -0.15) is 0 Å². The molecule has 2 heterocycles. The molecule has 1 aromatic carbocycles. The van der Waals surface area contributed by atoms with Gasteiger partial charge in [-0.25, -0.2) is 4.39 Å². The SMILES string of the molecule is Fc1cccc2c1C1=NCCN1C(=S)S2. The Balaban J connectivity index is 2.25. The van der Waals surface area contributed by atoms with E-state index >= 15 is 0 Å². The highest BCUT2D eigenvalue weighted by Gasteiger charge is 2.32. The first kappa shape index (κ1) is 9.30. The summed E-state index contributed by atoms with van der Waals surface area (Å²) in [4.78, 5) is 7.09. The molecule has 2 aliphatic rings. The quantitative estimate of drug-likeness (QED) is 0.645. The van der Waals surface area contributed by atoms with Crippen LogP contribution in [0.15, 0.2) is 28.1 Å². The average molecular weight is 238 g/mol. The van der Waals surface area contributed by atoms with Crippen LogP contribution in [0, 0.1) is 5.82 Å². The van der Waals surface area contributed by atoms with Gasteiger partial charge in [-0.05, 0) is 12.1 Å². The normalized spacial score (nSPS) is 18.6. The average Bonchev–Trinajstić information content (AvgIpc) is 2.66. The molecule has 1 aromatic rings. The molecule has 0 amide bonds. The van der Waals surface area contributed by atoms with Crippen molar-refractivity contribution in [2.45, 2.75) is 4.90 Å². The van der Waals surface area contributed by atoms with Crippen LogP contribution in [0.5, 0.6) is 0 Å². The Morgan fingerprint density at radius 3 is 3.20 bits per heavy atom. The van der Waals surface area contributed by atoms with Crippen LogP contribution >= 0.6 is 24.0 Å². The van der Waals surface area contributed by atoms with Crippen LogP contribution in [0.3, 0.4) is 0 Å². The number of nitrogens with zero attached hydrogens (tertiary/aromatic N) is 2. The fourth-order valence-electron chi connectivity index (χ4n) is 1.79. The van der Waals surface area contributed by atoms with Gasteiger partial charge in [-0.15, -0.1) is 0 Å². The summed E-state index contributed by atoms with van der Waals surface area (Å²) in [5, 5.41) is 0. The highest BCUT2D eigenvalue weighted by molar-refractivity contribution is 8.23. The smallest absolute Gasteiger partial charge is 0.146 e. The van der Waals surface area contributed by atoms with Gasteiger partial charge in [0.05, 0.1) is 12.1 Å². The minimum atomic E-state index is -0.215. The predicted octanol–water partition coefficient (Wildman–Crippen LogP) is 2.28. The van der Waals surface area contributed by atoms with Crippen LogP contribution in [-0.2, 0) is 0 Å². The zero-order valence-corrected chi connectivity index (χ0v) is 9.37. The van der Waals surface area contributed by atoms with Gasteiger partial charge in [0.2, 0.25) is 0 Å². The van der Waals surface area contributed by atoms with Gasteiger partial charge in [0, 0.05) is 11.4 Å². The number of thiocarbonyl (C=S) groups is 1. The van der Waals surface area contributed by atoms with Crippen LogP contribution < -0.4 is 0 Å². The van der Waals surface area contributed by atoms with Gasteiger partial charge in [0.1, 0.15) is 16.0 Å². The van der Waals surface area contributed by atoms with E-state index in [4.69, 9.17) is 12.2 Å². The lowest BCUT2D eigenvalue weighted by Crippen LogP contribution is -2.35. The largest absolute Gasteiger partial charge is 0.309 e. The van der Waals surface area contributed by atoms with E-state index in [-0.39, 0.29) is 5.82 Å². The fraction of sp³-hybridized carbons (Fsp3) is 0.200. The first-order chi connectivity index (χ1) is 7.27. The van der Waals surface area contributed by atoms with Crippen molar-refractivity contribution < 1.29 is 4.39 Å². The van der Waals surface area contributed by atoms with Crippen molar-refractivity contribution in [3.05, 3.63) is 29.6 Å². The molecule has 0 N–H and O–H groups in total. The van der Waals surface area contributed by atoms with Gasteiger partial charge in [0.25, 0.3) is 0 Å². The second-order valence-electron chi connectivity index (χ2n) is 3.34. The number of fused-ring (bicyclic) bond motifs is 3. The molecule has 2 nitrogen and oxygen atoms in total. The molecule has 0 bridgehead atoms. The zero-order valence-electron chi connectivity index (χ0n) is 7.74. The standard InChI is InChI=1S/C10H7FN2S2/c11-6-2-1-3-7-8(6)9-12-4-5-13(9)10(14)15-7/h1-3H,4-5H2. The van der Waals surface area contributed by atoms with E-state index in [0.29, 0.717) is 17.9 Å². The Labute approximate surface area is 96.2 Å². The van der Waals surface area contributed by atoms with Gasteiger partial charge in [-0.1, -0.05) is 30.0 Å². The summed E-state index contributed by atoms with van der Waals surface area (Å²) in [6.45, 7) is 1.47. The first-order valence-corrected chi connectivity index (χ1v) is 5.82. The lowest BCUT2D eigenvalue weighted by atomic mass is 10.2. The summed E-state index contributed by atoms with van der Waals surface area (Å²) in [5.74, 6) is 0.486. The lowest BCUT2D eigenvalue weighted by molar-refractivity contribution is 0.612. The van der Waals surface area contributed by atoms with Gasteiger partial charge in [0.15, 0.2) is 0 Å². The molecule has 0 saturated heterocycles. The van der Waals surface area contributed by atoms with Crippen LogP contribution in [-0.4, -0.2) is 28.1 Å². The maximum Gasteiger partial charge on any atom is 0.146 e. The van der Waals surface area contributed by atoms with Crippen molar-refractivity contribution in [1.82, 2.24) is 4.90 Å². The van der Waals surface area contributed by atoms with Crippen LogP contribution in [0.25, 0.3) is 0 Å². The number of hydrogen-bond donors (Lipinski definition) is 0. The van der Waals surface area contributed by atoms with E-state index in [2.05, 4.69) is 4.99 Å². The summed E-state index contributed by atoms with van der Waals surface area (Å²) in [7, 11) is 0. The number of hydrogen-bond acceptors (Lipinski definition) is 3. The predicted molar refractivity (Wildman–Crippen MR) is 63.0 cm³/mol. The van der Waals surface area contributed by atoms with E-state index in [9.17, 15) is 4.39 Å². The molecule has 0 atom stereocenters. The number of rotatable bonds is 0. The fourth-order valence-corrected chi connectivity index (χ4v) is 3.16. The Bertz CT molecular complexity index is 484. The summed E-state index contributed by atoms with van der Waals surface area (Å²) < 4.78 is 14.4. The molecule has 0 fully saturated rings. The van der Waals surface area contributed by atoms with Gasteiger partial charge in [-0.3, -0.25) is 4.99 Å². The Kier molecular flexibility index (Phi) is 2.03. The number of thioether (sulfide) groups is 1. The Morgan fingerprint density at radius 2 is 2.33 bits per heavy atom. The molecule has 3 rings (SSSR count). The number of amidine groups is 1. The second-order valence-corrected chi connectivity index (χ2v) is 5.01. The first-order valence-electron chi connectivity index (χ1n) is 4.60. The van der Waals surface area contributed by atoms with Gasteiger partial charge >= 0.3 is 0 Å². The molecule has 2 aliphatic heterocycles. The summed E-state index contributed by atoms with van der Waals surface area (Å²) in [6.07, 6.45) is 0. The monoisotopic (exact) mass is 238 g/mol. The van der Waals surface area contributed by atoms with Crippen molar-refractivity contribution in [3.8, 4) is 0 Å².